The Morgan fingerprint density at radius 2 is 2.09 bits per heavy atom. The molecule has 0 radical (unpaired) electrons. The molecule has 7 nitrogen and oxygen atoms in total. The Hall–Kier alpha value is -1.89. The van der Waals surface area contributed by atoms with Crippen molar-refractivity contribution in [3.8, 4) is 0 Å². The first-order valence-electron chi connectivity index (χ1n) is 8.16. The van der Waals surface area contributed by atoms with Gasteiger partial charge in [-0.2, -0.15) is 0 Å². The molecule has 1 N–H and O–H groups in total. The van der Waals surface area contributed by atoms with Gasteiger partial charge in [-0.25, -0.2) is 4.98 Å². The van der Waals surface area contributed by atoms with Gasteiger partial charge in [0.05, 0.1) is 6.54 Å². The van der Waals surface area contributed by atoms with Gasteiger partial charge in [-0.05, 0) is 0 Å². The maximum atomic E-state index is 12.2. The number of carbonyl (C=O) groups is 2. The van der Waals surface area contributed by atoms with E-state index in [1.54, 1.807) is 13.2 Å². The molecule has 1 saturated heterocycles. The molecule has 0 saturated carbocycles. The van der Waals surface area contributed by atoms with Gasteiger partial charge in [0.25, 0.3) is 5.91 Å². The second-order valence-corrected chi connectivity index (χ2v) is 6.60. The molecule has 2 aliphatic heterocycles. The first-order valence-corrected chi connectivity index (χ1v) is 8.16. The van der Waals surface area contributed by atoms with Gasteiger partial charge in [0.15, 0.2) is 6.10 Å². The molecule has 0 bridgehead atoms. The quantitative estimate of drug-likeness (QED) is 0.861. The molecule has 1 aromatic heterocycles. The van der Waals surface area contributed by atoms with Crippen molar-refractivity contribution < 1.29 is 14.3 Å². The number of amides is 2. The van der Waals surface area contributed by atoms with Crippen molar-refractivity contribution in [2.75, 3.05) is 20.1 Å². The van der Waals surface area contributed by atoms with Crippen LogP contribution in [-0.4, -0.2) is 52.5 Å². The summed E-state index contributed by atoms with van der Waals surface area (Å²) in [5, 5.41) is 2.66. The number of piperidine rings is 1. The number of rotatable bonds is 2. The van der Waals surface area contributed by atoms with Gasteiger partial charge in [-0.1, -0.05) is 13.8 Å². The number of ether oxygens (including phenoxy) is 1. The van der Waals surface area contributed by atoms with E-state index in [0.29, 0.717) is 32.5 Å². The zero-order valence-corrected chi connectivity index (χ0v) is 13.9. The van der Waals surface area contributed by atoms with Crippen LogP contribution >= 0.6 is 0 Å². The number of aromatic nitrogens is 2. The van der Waals surface area contributed by atoms with Gasteiger partial charge in [0.2, 0.25) is 5.91 Å². The first-order chi connectivity index (χ1) is 11.0. The van der Waals surface area contributed by atoms with E-state index in [1.165, 1.54) is 0 Å². The lowest BCUT2D eigenvalue weighted by molar-refractivity contribution is -0.176. The second-order valence-electron chi connectivity index (χ2n) is 6.60. The van der Waals surface area contributed by atoms with Gasteiger partial charge in [0.1, 0.15) is 11.4 Å². The number of hydrogen-bond acceptors (Lipinski definition) is 4. The standard InChI is InChI=1S/C16H24N4O3/c1-11(2)14(22)19-7-4-16(5-8-19)15-18-6-9-20(15)10-12(23-16)13(21)17-3/h6,9,11-12H,4-5,7-8,10H2,1-3H3,(H,17,21)/t12-/m1/s1. The maximum absolute atomic E-state index is 12.2. The Kier molecular flexibility index (Phi) is 4.14. The third-order valence-electron chi connectivity index (χ3n) is 4.77. The van der Waals surface area contributed by atoms with Crippen molar-refractivity contribution in [3.05, 3.63) is 18.2 Å². The minimum Gasteiger partial charge on any atom is -0.357 e. The van der Waals surface area contributed by atoms with Crippen molar-refractivity contribution >= 4 is 11.8 Å². The third-order valence-corrected chi connectivity index (χ3v) is 4.77. The smallest absolute Gasteiger partial charge is 0.250 e. The van der Waals surface area contributed by atoms with Crippen LogP contribution in [-0.2, 0) is 26.5 Å². The van der Waals surface area contributed by atoms with Crippen molar-refractivity contribution in [1.82, 2.24) is 19.8 Å². The molecule has 3 heterocycles. The molecule has 3 rings (SSSR count). The summed E-state index contributed by atoms with van der Waals surface area (Å²) in [7, 11) is 1.62. The predicted octanol–water partition coefficient (Wildman–Crippen LogP) is 0.502. The average Bonchev–Trinajstić information content (AvgIpc) is 3.03. The van der Waals surface area contributed by atoms with Crippen LogP contribution in [0.2, 0.25) is 0 Å². The van der Waals surface area contributed by atoms with E-state index < -0.39 is 11.7 Å². The van der Waals surface area contributed by atoms with Crippen LogP contribution in [0.4, 0.5) is 0 Å². The van der Waals surface area contributed by atoms with E-state index in [4.69, 9.17) is 4.74 Å². The van der Waals surface area contributed by atoms with Gasteiger partial charge >= 0.3 is 0 Å². The van der Waals surface area contributed by atoms with Crippen LogP contribution in [0.3, 0.4) is 0 Å². The molecule has 7 heteroatoms. The number of fused-ring (bicyclic) bond motifs is 2. The third kappa shape index (κ3) is 2.73. The zero-order chi connectivity index (χ0) is 16.6. The van der Waals surface area contributed by atoms with Crippen LogP contribution in [0.5, 0.6) is 0 Å². The van der Waals surface area contributed by atoms with E-state index in [2.05, 4.69) is 10.3 Å². The highest BCUT2D eigenvalue weighted by Crippen LogP contribution is 2.40. The van der Waals surface area contributed by atoms with E-state index in [0.717, 1.165) is 5.82 Å². The molecule has 0 aromatic carbocycles. The normalized spacial score (nSPS) is 23.0. The number of carbonyl (C=O) groups excluding carboxylic acids is 2. The topological polar surface area (TPSA) is 76.5 Å². The van der Waals surface area contributed by atoms with Crippen LogP contribution < -0.4 is 5.32 Å². The van der Waals surface area contributed by atoms with Crippen LogP contribution in [0, 0.1) is 5.92 Å². The fourth-order valence-electron chi connectivity index (χ4n) is 3.49. The van der Waals surface area contributed by atoms with Crippen LogP contribution in [0.15, 0.2) is 12.4 Å². The molecule has 1 fully saturated rings. The Labute approximate surface area is 136 Å². The summed E-state index contributed by atoms with van der Waals surface area (Å²) in [5.41, 5.74) is -0.577. The number of hydrogen-bond donors (Lipinski definition) is 1. The van der Waals surface area contributed by atoms with Gasteiger partial charge in [0, 0.05) is 51.3 Å². The highest BCUT2D eigenvalue weighted by molar-refractivity contribution is 5.80. The number of nitrogens with one attached hydrogen (secondary N) is 1. The Bertz CT molecular complexity index is 602. The fraction of sp³-hybridized carbons (Fsp3) is 0.688. The largest absolute Gasteiger partial charge is 0.357 e. The maximum Gasteiger partial charge on any atom is 0.250 e. The molecule has 23 heavy (non-hydrogen) atoms. The Morgan fingerprint density at radius 3 is 2.70 bits per heavy atom. The van der Waals surface area contributed by atoms with E-state index in [-0.39, 0.29) is 17.7 Å². The lowest BCUT2D eigenvalue weighted by Crippen LogP contribution is -2.54. The van der Waals surface area contributed by atoms with E-state index >= 15 is 0 Å². The van der Waals surface area contributed by atoms with Crippen LogP contribution in [0.25, 0.3) is 0 Å². The lowest BCUT2D eigenvalue weighted by Gasteiger charge is -2.45. The first kappa shape index (κ1) is 16.0. The fourth-order valence-corrected chi connectivity index (χ4v) is 3.49. The number of likely N-dealkylation sites (tertiary alicyclic amines) is 1. The molecule has 126 valence electrons. The molecule has 0 aliphatic carbocycles. The summed E-state index contributed by atoms with van der Waals surface area (Å²) < 4.78 is 8.21. The van der Waals surface area contributed by atoms with E-state index in [1.807, 2.05) is 29.5 Å². The average molecular weight is 320 g/mol. The number of imidazole rings is 1. The van der Waals surface area contributed by atoms with Gasteiger partial charge < -0.3 is 19.5 Å². The SMILES string of the molecule is CNC(=O)[C@H]1Cn2ccnc2C2(CCN(C(=O)C(C)C)CC2)O1. The summed E-state index contributed by atoms with van der Waals surface area (Å²) in [6, 6.07) is 0. The number of likely N-dealkylation sites (N-methyl/N-ethyl adjacent to an activating group) is 1. The highest BCUT2D eigenvalue weighted by atomic mass is 16.5. The van der Waals surface area contributed by atoms with Crippen molar-refractivity contribution in [2.24, 2.45) is 5.92 Å². The molecule has 1 aromatic rings. The van der Waals surface area contributed by atoms with Crippen LogP contribution in [0.1, 0.15) is 32.5 Å². The minimum absolute atomic E-state index is 0.00284. The molecule has 2 amide bonds. The number of nitrogens with zero attached hydrogens (tertiary/aromatic N) is 3. The monoisotopic (exact) mass is 320 g/mol. The zero-order valence-electron chi connectivity index (χ0n) is 13.9. The molecular weight excluding hydrogens is 296 g/mol. The lowest BCUT2D eigenvalue weighted by atomic mass is 9.88. The molecule has 2 aliphatic rings. The molecular formula is C16H24N4O3. The molecule has 0 unspecified atom stereocenters. The van der Waals surface area contributed by atoms with Gasteiger partial charge in [-0.15, -0.1) is 0 Å². The van der Waals surface area contributed by atoms with Crippen molar-refractivity contribution in [3.63, 3.8) is 0 Å². The predicted molar refractivity (Wildman–Crippen MR) is 83.5 cm³/mol. The van der Waals surface area contributed by atoms with Crippen molar-refractivity contribution in [1.29, 1.82) is 0 Å². The van der Waals surface area contributed by atoms with Gasteiger partial charge in [-0.3, -0.25) is 9.59 Å². The summed E-state index contributed by atoms with van der Waals surface area (Å²) in [6.07, 6.45) is 4.44. The highest BCUT2D eigenvalue weighted by Gasteiger charge is 2.47. The second kappa shape index (κ2) is 5.96. The Balaban J connectivity index is 1.82. The summed E-state index contributed by atoms with van der Waals surface area (Å²) in [4.78, 5) is 30.6. The Morgan fingerprint density at radius 1 is 1.39 bits per heavy atom. The minimum atomic E-state index is -0.577. The summed E-state index contributed by atoms with van der Waals surface area (Å²) >= 11 is 0. The summed E-state index contributed by atoms with van der Waals surface area (Å²) in [6.45, 7) is 5.57. The molecule has 1 atom stereocenters. The molecule has 1 spiro atoms. The van der Waals surface area contributed by atoms with E-state index in [9.17, 15) is 9.59 Å². The van der Waals surface area contributed by atoms with Crippen molar-refractivity contribution in [2.45, 2.75) is 44.9 Å². The summed E-state index contributed by atoms with van der Waals surface area (Å²) in [5.74, 6) is 0.914.